The van der Waals surface area contributed by atoms with Gasteiger partial charge in [0, 0.05) is 13.1 Å². The van der Waals surface area contributed by atoms with E-state index in [4.69, 9.17) is 33.8 Å². The molecule has 0 bridgehead atoms. The highest BCUT2D eigenvalue weighted by Crippen LogP contribution is 2.08. The maximum absolute atomic E-state index is 13.0. The molecule has 3 amide bonds. The van der Waals surface area contributed by atoms with Crippen molar-refractivity contribution in [3.63, 3.8) is 0 Å². The van der Waals surface area contributed by atoms with E-state index in [0.717, 1.165) is 0 Å². The van der Waals surface area contributed by atoms with Crippen LogP contribution in [0.4, 0.5) is 0 Å². The quantitative estimate of drug-likeness (QED) is 0.0543. The predicted octanol–water partition coefficient (Wildman–Crippen LogP) is -3.36. The molecule has 15 nitrogen and oxygen atoms in total. The van der Waals surface area contributed by atoms with Crippen molar-refractivity contribution in [3.05, 3.63) is 0 Å². The third-order valence-electron chi connectivity index (χ3n) is 5.13. The molecule has 14 N–H and O–H groups in total. The van der Waals surface area contributed by atoms with E-state index in [1.54, 1.807) is 0 Å². The number of amides is 3. The summed E-state index contributed by atoms with van der Waals surface area (Å²) >= 11 is 0. The number of hydrogen-bond donors (Lipinski definition) is 9. The Labute approximate surface area is 204 Å². The number of nitrogens with one attached hydrogen (secondary N) is 3. The molecule has 0 aliphatic heterocycles. The van der Waals surface area contributed by atoms with Gasteiger partial charge in [0.2, 0.25) is 17.7 Å². The van der Waals surface area contributed by atoms with Gasteiger partial charge in [-0.15, -0.1) is 0 Å². The van der Waals surface area contributed by atoms with E-state index in [1.807, 2.05) is 13.8 Å². The fourth-order valence-electron chi connectivity index (χ4n) is 2.88. The highest BCUT2D eigenvalue weighted by Gasteiger charge is 2.29. The molecular weight excluding hydrogens is 460 g/mol. The van der Waals surface area contributed by atoms with E-state index >= 15 is 0 Å². The molecule has 0 spiro atoms. The Hall–Kier alpha value is -3.62. The topological polar surface area (TPSA) is 279 Å². The van der Waals surface area contributed by atoms with Gasteiger partial charge in [-0.1, -0.05) is 20.3 Å². The molecule has 15 heteroatoms. The smallest absolute Gasteiger partial charge is 0.322 e. The molecule has 0 aliphatic carbocycles. The van der Waals surface area contributed by atoms with Crippen molar-refractivity contribution in [3.8, 4) is 0 Å². The zero-order valence-corrected chi connectivity index (χ0v) is 20.3. The van der Waals surface area contributed by atoms with Crippen molar-refractivity contribution in [2.75, 3.05) is 19.6 Å². The third kappa shape index (κ3) is 14.3. The van der Waals surface area contributed by atoms with Gasteiger partial charge in [-0.25, -0.2) is 0 Å². The summed E-state index contributed by atoms with van der Waals surface area (Å²) in [6.45, 7) is 3.50. The number of guanidine groups is 2. The SMILES string of the molecule is CCC(C)C(N)C(=O)NC(CCCN=C(N)N)C(=O)NC(CCCN=C(N)N)C(=O)NCC(=O)O. The summed E-state index contributed by atoms with van der Waals surface area (Å²) in [5, 5.41) is 16.3. The standard InChI is InChI=1S/C20H40N10O5/c1-3-11(2)15(21)18(35)30-13(7-5-9-27-20(24)25)17(34)29-12(6-4-8-26-19(22)23)16(33)28-10-14(31)32/h11-13,15H,3-10,21H2,1-2H3,(H,28,33)(H,29,34)(H,30,35)(H,31,32)(H4,22,23,26)(H4,24,25,27). The number of carbonyl (C=O) groups excluding carboxylic acids is 3. The van der Waals surface area contributed by atoms with E-state index in [-0.39, 0.29) is 43.8 Å². The largest absolute Gasteiger partial charge is 0.480 e. The number of nitrogens with zero attached hydrogens (tertiary/aromatic N) is 2. The van der Waals surface area contributed by atoms with Crippen LogP contribution < -0.4 is 44.6 Å². The molecule has 0 heterocycles. The molecule has 0 aliphatic rings. The van der Waals surface area contributed by atoms with Crippen molar-refractivity contribution in [2.45, 2.75) is 64.1 Å². The van der Waals surface area contributed by atoms with Gasteiger partial charge >= 0.3 is 5.97 Å². The van der Waals surface area contributed by atoms with Crippen molar-refractivity contribution in [1.29, 1.82) is 0 Å². The Bertz CT molecular complexity index is 765. The zero-order chi connectivity index (χ0) is 27.0. The first-order chi connectivity index (χ1) is 16.4. The highest BCUT2D eigenvalue weighted by molar-refractivity contribution is 5.93. The van der Waals surface area contributed by atoms with Crippen LogP contribution in [0, 0.1) is 5.92 Å². The minimum Gasteiger partial charge on any atom is -0.480 e. The number of rotatable bonds is 17. The lowest BCUT2D eigenvalue weighted by Crippen LogP contribution is -2.56. The second-order valence-corrected chi connectivity index (χ2v) is 8.04. The number of carbonyl (C=O) groups is 4. The lowest BCUT2D eigenvalue weighted by atomic mass is 9.98. The molecule has 0 fully saturated rings. The lowest BCUT2D eigenvalue weighted by molar-refractivity contribution is -0.138. The van der Waals surface area contributed by atoms with Crippen molar-refractivity contribution >= 4 is 35.6 Å². The molecular formula is C20H40N10O5. The first-order valence-corrected chi connectivity index (χ1v) is 11.4. The van der Waals surface area contributed by atoms with Crippen molar-refractivity contribution < 1.29 is 24.3 Å². The molecule has 0 saturated heterocycles. The maximum Gasteiger partial charge on any atom is 0.322 e. The Balaban J connectivity index is 5.49. The lowest BCUT2D eigenvalue weighted by Gasteiger charge is -2.25. The number of aliphatic imine (C=N–C) groups is 2. The van der Waals surface area contributed by atoms with Crippen LogP contribution in [0.15, 0.2) is 9.98 Å². The number of nitrogens with two attached hydrogens (primary N) is 5. The van der Waals surface area contributed by atoms with Crippen molar-refractivity contribution in [1.82, 2.24) is 16.0 Å². The molecule has 0 radical (unpaired) electrons. The van der Waals surface area contributed by atoms with Gasteiger partial charge in [0.25, 0.3) is 0 Å². The Kier molecular flexibility index (Phi) is 15.2. The van der Waals surface area contributed by atoms with E-state index in [1.165, 1.54) is 0 Å². The fraction of sp³-hybridized carbons (Fsp3) is 0.700. The molecule has 0 saturated carbocycles. The summed E-state index contributed by atoms with van der Waals surface area (Å²) in [6, 6.07) is -2.95. The number of carboxylic acids is 1. The number of hydrogen-bond acceptors (Lipinski definition) is 7. The number of aliphatic carboxylic acids is 1. The van der Waals surface area contributed by atoms with Gasteiger partial charge in [-0.2, -0.15) is 0 Å². The monoisotopic (exact) mass is 500 g/mol. The van der Waals surface area contributed by atoms with Gasteiger partial charge in [-0.3, -0.25) is 29.2 Å². The van der Waals surface area contributed by atoms with Crippen molar-refractivity contribution in [2.24, 2.45) is 44.6 Å². The minimum atomic E-state index is -1.24. The van der Waals surface area contributed by atoms with Gasteiger partial charge < -0.3 is 49.7 Å². The van der Waals surface area contributed by atoms with E-state index in [2.05, 4.69) is 25.9 Å². The van der Waals surface area contributed by atoms with Crippen LogP contribution in [0.1, 0.15) is 46.0 Å². The molecule has 35 heavy (non-hydrogen) atoms. The first-order valence-electron chi connectivity index (χ1n) is 11.4. The van der Waals surface area contributed by atoms with Crippen LogP contribution in [0.2, 0.25) is 0 Å². The molecule has 200 valence electrons. The summed E-state index contributed by atoms with van der Waals surface area (Å²) in [7, 11) is 0. The van der Waals surface area contributed by atoms with Gasteiger partial charge in [0.15, 0.2) is 11.9 Å². The average molecular weight is 501 g/mol. The van der Waals surface area contributed by atoms with Gasteiger partial charge in [-0.05, 0) is 31.6 Å². The number of carboxylic acid groups (broad SMARTS) is 1. The Morgan fingerprint density at radius 3 is 1.71 bits per heavy atom. The van der Waals surface area contributed by atoms with Crippen LogP contribution in [0.25, 0.3) is 0 Å². The van der Waals surface area contributed by atoms with E-state index in [0.29, 0.717) is 19.3 Å². The zero-order valence-electron chi connectivity index (χ0n) is 20.3. The van der Waals surface area contributed by atoms with E-state index in [9.17, 15) is 19.2 Å². The van der Waals surface area contributed by atoms with Crippen LogP contribution in [0.5, 0.6) is 0 Å². The Morgan fingerprint density at radius 2 is 1.29 bits per heavy atom. The Morgan fingerprint density at radius 1 is 0.829 bits per heavy atom. The molecule has 4 atom stereocenters. The summed E-state index contributed by atoms with van der Waals surface area (Å²) in [6.07, 6.45) is 1.63. The molecule has 0 aromatic heterocycles. The second-order valence-electron chi connectivity index (χ2n) is 8.04. The normalized spacial score (nSPS) is 13.9. The van der Waals surface area contributed by atoms with Gasteiger partial charge in [0.1, 0.15) is 18.6 Å². The van der Waals surface area contributed by atoms with Crippen LogP contribution in [0.3, 0.4) is 0 Å². The average Bonchev–Trinajstić information content (AvgIpc) is 2.79. The van der Waals surface area contributed by atoms with Gasteiger partial charge in [0.05, 0.1) is 6.04 Å². The molecule has 0 aromatic rings. The highest BCUT2D eigenvalue weighted by atomic mass is 16.4. The predicted molar refractivity (Wildman–Crippen MR) is 132 cm³/mol. The summed E-state index contributed by atoms with van der Waals surface area (Å²) in [5.41, 5.74) is 27.2. The molecule has 0 aromatic carbocycles. The summed E-state index contributed by atoms with van der Waals surface area (Å²) in [5.74, 6) is -3.45. The van der Waals surface area contributed by atoms with E-state index < -0.39 is 48.4 Å². The molecule has 0 rings (SSSR count). The molecule has 4 unspecified atom stereocenters. The minimum absolute atomic E-state index is 0.107. The summed E-state index contributed by atoms with van der Waals surface area (Å²) in [4.78, 5) is 56.6. The van der Waals surface area contributed by atoms with Crippen LogP contribution in [-0.4, -0.2) is 78.5 Å². The third-order valence-corrected chi connectivity index (χ3v) is 5.13. The fourth-order valence-corrected chi connectivity index (χ4v) is 2.88. The summed E-state index contributed by atoms with van der Waals surface area (Å²) < 4.78 is 0. The van der Waals surface area contributed by atoms with Crippen LogP contribution in [-0.2, 0) is 19.2 Å². The van der Waals surface area contributed by atoms with Crippen LogP contribution >= 0.6 is 0 Å². The second kappa shape index (κ2) is 16.9. The maximum atomic E-state index is 13.0. The first kappa shape index (κ1) is 31.4.